The van der Waals surface area contributed by atoms with Crippen LogP contribution < -0.4 is 0 Å². The summed E-state index contributed by atoms with van der Waals surface area (Å²) in [6.07, 6.45) is 0.606. The van der Waals surface area contributed by atoms with Gasteiger partial charge >= 0.3 is 0 Å². The number of aryl methyl sites for hydroxylation is 1. The second-order valence-corrected chi connectivity index (χ2v) is 4.56. The average molecular weight is 296 g/mol. The second kappa shape index (κ2) is 7.63. The van der Waals surface area contributed by atoms with Crippen LogP contribution in [0.3, 0.4) is 0 Å². The molecule has 0 heterocycles. The largest absolute Gasteiger partial charge is 0.316 e. The molecule has 1 amide bonds. The number of halogens is 2. The Labute approximate surface area is 121 Å². The van der Waals surface area contributed by atoms with Gasteiger partial charge in [0.05, 0.1) is 22.2 Å². The maximum Gasteiger partial charge on any atom is 0.224 e. The van der Waals surface area contributed by atoms with Crippen molar-refractivity contribution in [3.8, 4) is 12.1 Å². The summed E-state index contributed by atoms with van der Waals surface area (Å²) in [5.41, 5.74) is 0.774. The third kappa shape index (κ3) is 4.44. The number of carbonyl (C=O) groups excluding carboxylic acids is 1. The van der Waals surface area contributed by atoms with Gasteiger partial charge in [-0.25, -0.2) is 0 Å². The van der Waals surface area contributed by atoms with Crippen molar-refractivity contribution < 1.29 is 4.79 Å². The molecule has 0 saturated carbocycles. The van der Waals surface area contributed by atoms with Gasteiger partial charge in [-0.1, -0.05) is 35.3 Å². The van der Waals surface area contributed by atoms with Gasteiger partial charge in [-0.05, 0) is 18.1 Å². The summed E-state index contributed by atoms with van der Waals surface area (Å²) in [5.74, 6) is -0.251. The molecule has 0 aliphatic rings. The minimum atomic E-state index is -0.251. The van der Waals surface area contributed by atoms with Gasteiger partial charge < -0.3 is 4.90 Å². The lowest BCUT2D eigenvalue weighted by Crippen LogP contribution is -2.31. The maximum atomic E-state index is 11.8. The Bertz CT molecular complexity index is 530. The number of benzene rings is 1. The van der Waals surface area contributed by atoms with Crippen molar-refractivity contribution in [2.45, 2.75) is 12.8 Å². The molecular weight excluding hydrogens is 285 g/mol. The number of hydrogen-bond donors (Lipinski definition) is 0. The number of nitrogens with zero attached hydrogens (tertiary/aromatic N) is 3. The number of nitriles is 2. The van der Waals surface area contributed by atoms with Gasteiger partial charge in [0.25, 0.3) is 0 Å². The fraction of sp³-hybridized carbons (Fsp3) is 0.308. The molecular formula is C13H11Cl2N3O. The van der Waals surface area contributed by atoms with Crippen LogP contribution in [0.4, 0.5) is 0 Å². The van der Waals surface area contributed by atoms with Crippen molar-refractivity contribution in [1.82, 2.24) is 4.90 Å². The molecule has 0 radical (unpaired) electrons. The molecule has 0 saturated heterocycles. The molecule has 4 nitrogen and oxygen atoms in total. The number of hydrogen-bond acceptors (Lipinski definition) is 3. The van der Waals surface area contributed by atoms with Crippen molar-refractivity contribution in [3.05, 3.63) is 33.8 Å². The van der Waals surface area contributed by atoms with E-state index in [0.717, 1.165) is 5.56 Å². The fourth-order valence-corrected chi connectivity index (χ4v) is 1.96. The van der Waals surface area contributed by atoms with Crippen LogP contribution in [0.5, 0.6) is 0 Å². The zero-order valence-corrected chi connectivity index (χ0v) is 11.6. The molecule has 0 aromatic heterocycles. The molecule has 1 rings (SSSR count). The normalized spacial score (nSPS) is 9.47. The molecule has 1 aromatic rings. The first kappa shape index (κ1) is 15.3. The molecule has 1 aromatic carbocycles. The van der Waals surface area contributed by atoms with Gasteiger partial charge in [0, 0.05) is 6.42 Å². The fourth-order valence-electron chi connectivity index (χ4n) is 1.54. The zero-order valence-electron chi connectivity index (χ0n) is 10.1. The minimum absolute atomic E-state index is 0.0876. The Balaban J connectivity index is 2.66. The first-order chi connectivity index (χ1) is 9.10. The van der Waals surface area contributed by atoms with Crippen LogP contribution >= 0.6 is 23.2 Å². The topological polar surface area (TPSA) is 67.9 Å². The van der Waals surface area contributed by atoms with Crippen molar-refractivity contribution in [2.24, 2.45) is 0 Å². The molecule has 0 spiro atoms. The molecule has 0 aliphatic heterocycles. The Hall–Kier alpha value is -1.75. The van der Waals surface area contributed by atoms with E-state index in [1.54, 1.807) is 18.2 Å². The second-order valence-electron chi connectivity index (χ2n) is 3.78. The Morgan fingerprint density at radius 1 is 1.21 bits per heavy atom. The molecule has 0 N–H and O–H groups in total. The van der Waals surface area contributed by atoms with Crippen LogP contribution in [-0.2, 0) is 11.2 Å². The van der Waals surface area contributed by atoms with Gasteiger partial charge in [-0.15, -0.1) is 0 Å². The van der Waals surface area contributed by atoms with Crippen LogP contribution in [-0.4, -0.2) is 23.9 Å². The van der Waals surface area contributed by atoms with Gasteiger partial charge in [0.15, 0.2) is 0 Å². The molecule has 0 fully saturated rings. The third-order valence-corrected chi connectivity index (χ3v) is 3.37. The Kier molecular flexibility index (Phi) is 6.15. The van der Waals surface area contributed by atoms with E-state index in [-0.39, 0.29) is 25.4 Å². The summed E-state index contributed by atoms with van der Waals surface area (Å²) in [6.45, 7) is -0.175. The van der Waals surface area contributed by atoms with Crippen LogP contribution in [0.25, 0.3) is 0 Å². The van der Waals surface area contributed by atoms with E-state index in [9.17, 15) is 4.79 Å². The van der Waals surface area contributed by atoms with Crippen LogP contribution in [0.2, 0.25) is 10.0 Å². The lowest BCUT2D eigenvalue weighted by Gasteiger charge is -2.15. The first-order valence-electron chi connectivity index (χ1n) is 5.54. The van der Waals surface area contributed by atoms with Crippen LogP contribution in [0, 0.1) is 22.7 Å². The maximum absolute atomic E-state index is 11.8. The summed E-state index contributed by atoms with van der Waals surface area (Å²) >= 11 is 11.9. The molecule has 98 valence electrons. The highest BCUT2D eigenvalue weighted by molar-refractivity contribution is 6.42. The lowest BCUT2D eigenvalue weighted by molar-refractivity contribution is -0.130. The Morgan fingerprint density at radius 2 is 1.84 bits per heavy atom. The van der Waals surface area contributed by atoms with E-state index >= 15 is 0 Å². The summed E-state index contributed by atoms with van der Waals surface area (Å²) in [5, 5.41) is 18.0. The lowest BCUT2D eigenvalue weighted by atomic mass is 10.1. The van der Waals surface area contributed by atoms with Crippen LogP contribution in [0.1, 0.15) is 12.0 Å². The van der Waals surface area contributed by atoms with E-state index in [2.05, 4.69) is 0 Å². The summed E-state index contributed by atoms with van der Waals surface area (Å²) in [7, 11) is 0. The van der Waals surface area contributed by atoms with Crippen molar-refractivity contribution >= 4 is 29.1 Å². The molecule has 0 aliphatic carbocycles. The minimum Gasteiger partial charge on any atom is -0.316 e. The van der Waals surface area contributed by atoms with E-state index in [1.165, 1.54) is 4.90 Å². The summed E-state index contributed by atoms with van der Waals surface area (Å²) in [4.78, 5) is 13.0. The average Bonchev–Trinajstić information content (AvgIpc) is 2.40. The molecule has 0 bridgehead atoms. The number of amides is 1. The predicted octanol–water partition coefficient (Wildman–Crippen LogP) is 2.80. The smallest absolute Gasteiger partial charge is 0.224 e. The number of carbonyl (C=O) groups is 1. The van der Waals surface area contributed by atoms with Gasteiger partial charge in [-0.3, -0.25) is 4.79 Å². The van der Waals surface area contributed by atoms with E-state index in [1.807, 2.05) is 12.1 Å². The molecule has 0 unspecified atom stereocenters. The zero-order chi connectivity index (χ0) is 14.3. The summed E-state index contributed by atoms with van der Waals surface area (Å²) in [6, 6.07) is 8.94. The predicted molar refractivity (Wildman–Crippen MR) is 72.6 cm³/mol. The standard InChI is InChI=1S/C13H11Cl2N3O/c14-11-3-1-2-10(13(11)15)4-5-12(19)18(8-6-16)9-7-17/h1-3H,4-5,8-9H2. The highest BCUT2D eigenvalue weighted by atomic mass is 35.5. The van der Waals surface area contributed by atoms with Crippen molar-refractivity contribution in [2.75, 3.05) is 13.1 Å². The quantitative estimate of drug-likeness (QED) is 0.785. The highest BCUT2D eigenvalue weighted by Crippen LogP contribution is 2.26. The third-order valence-electron chi connectivity index (χ3n) is 2.52. The van der Waals surface area contributed by atoms with Gasteiger partial charge in [-0.2, -0.15) is 10.5 Å². The van der Waals surface area contributed by atoms with E-state index in [4.69, 9.17) is 33.7 Å². The van der Waals surface area contributed by atoms with Crippen molar-refractivity contribution in [1.29, 1.82) is 10.5 Å². The summed E-state index contributed by atoms with van der Waals surface area (Å²) < 4.78 is 0. The van der Waals surface area contributed by atoms with Crippen LogP contribution in [0.15, 0.2) is 18.2 Å². The van der Waals surface area contributed by atoms with Gasteiger partial charge in [0.1, 0.15) is 13.1 Å². The van der Waals surface area contributed by atoms with Gasteiger partial charge in [0.2, 0.25) is 5.91 Å². The SMILES string of the molecule is N#CCN(CC#N)C(=O)CCc1cccc(Cl)c1Cl. The van der Waals surface area contributed by atoms with E-state index in [0.29, 0.717) is 16.5 Å². The molecule has 0 atom stereocenters. The Morgan fingerprint density at radius 3 is 2.42 bits per heavy atom. The highest BCUT2D eigenvalue weighted by Gasteiger charge is 2.13. The number of rotatable bonds is 5. The first-order valence-corrected chi connectivity index (χ1v) is 6.30. The molecule has 19 heavy (non-hydrogen) atoms. The van der Waals surface area contributed by atoms with E-state index < -0.39 is 0 Å². The monoisotopic (exact) mass is 295 g/mol. The van der Waals surface area contributed by atoms with Crippen molar-refractivity contribution in [3.63, 3.8) is 0 Å². The molecule has 6 heteroatoms.